The summed E-state index contributed by atoms with van der Waals surface area (Å²) >= 11 is 0. The number of halogens is 4. The molecule has 2 rings (SSSR count). The largest absolute Gasteiger partial charge is 0.493 e. The Morgan fingerprint density at radius 3 is 2.29 bits per heavy atom. The van der Waals surface area contributed by atoms with Gasteiger partial charge in [-0.1, -0.05) is 6.07 Å². The highest BCUT2D eigenvalue weighted by Crippen LogP contribution is 2.29. The molecule has 28 heavy (non-hydrogen) atoms. The summed E-state index contributed by atoms with van der Waals surface area (Å²) in [5, 5.41) is 4.72. The van der Waals surface area contributed by atoms with Crippen molar-refractivity contribution in [3.05, 3.63) is 59.2 Å². The molecule has 0 fully saturated rings. The van der Waals surface area contributed by atoms with Gasteiger partial charge in [0.1, 0.15) is 11.6 Å². The predicted molar refractivity (Wildman–Crippen MR) is 90.2 cm³/mol. The molecule has 0 aliphatic heterocycles. The number of amides is 2. The minimum absolute atomic E-state index is 0.0224. The lowest BCUT2D eigenvalue weighted by Crippen LogP contribution is -2.36. The number of hydrogen-bond acceptors (Lipinski definition) is 4. The van der Waals surface area contributed by atoms with Crippen LogP contribution in [0.5, 0.6) is 11.5 Å². The summed E-state index contributed by atoms with van der Waals surface area (Å²) in [7, 11) is 1.28. The summed E-state index contributed by atoms with van der Waals surface area (Å²) in [6.45, 7) is -3.41. The van der Waals surface area contributed by atoms with E-state index in [9.17, 15) is 27.2 Å². The van der Waals surface area contributed by atoms with E-state index >= 15 is 0 Å². The summed E-state index contributed by atoms with van der Waals surface area (Å²) in [6, 6.07) is 6.43. The Balaban J connectivity index is 1.87. The first-order valence-electron chi connectivity index (χ1n) is 7.91. The fourth-order valence-electron chi connectivity index (χ4n) is 2.23. The van der Waals surface area contributed by atoms with E-state index in [0.717, 1.165) is 12.1 Å². The molecule has 0 saturated carbocycles. The molecule has 2 N–H and O–H groups in total. The van der Waals surface area contributed by atoms with Gasteiger partial charge < -0.3 is 20.1 Å². The molecular formula is C18H16F4N2O4. The van der Waals surface area contributed by atoms with E-state index in [-0.39, 0.29) is 23.6 Å². The highest BCUT2D eigenvalue weighted by atomic mass is 19.3. The lowest BCUT2D eigenvalue weighted by Gasteiger charge is -2.12. The van der Waals surface area contributed by atoms with Crippen molar-refractivity contribution in [1.82, 2.24) is 10.6 Å². The Morgan fingerprint density at radius 1 is 1.00 bits per heavy atom. The number of nitrogens with one attached hydrogen (secondary N) is 2. The second-order valence-corrected chi connectivity index (χ2v) is 5.48. The van der Waals surface area contributed by atoms with Crippen LogP contribution < -0.4 is 20.1 Å². The maximum Gasteiger partial charge on any atom is 0.387 e. The molecule has 0 heterocycles. The molecule has 2 aromatic carbocycles. The number of ether oxygens (including phenoxy) is 2. The van der Waals surface area contributed by atoms with E-state index in [0.29, 0.717) is 11.6 Å². The van der Waals surface area contributed by atoms with E-state index < -0.39 is 36.6 Å². The number of carbonyl (C=O) groups is 2. The first-order chi connectivity index (χ1) is 13.3. The zero-order valence-electron chi connectivity index (χ0n) is 14.6. The van der Waals surface area contributed by atoms with Crippen molar-refractivity contribution in [3.63, 3.8) is 0 Å². The van der Waals surface area contributed by atoms with Crippen LogP contribution in [0.2, 0.25) is 0 Å². The SMILES string of the molecule is COc1cc(CNC(=O)CNC(=O)c2cc(F)cc(F)c2)ccc1OC(F)F. The molecule has 2 amide bonds. The van der Waals surface area contributed by atoms with Crippen molar-refractivity contribution in [1.29, 1.82) is 0 Å². The van der Waals surface area contributed by atoms with Crippen LogP contribution in [0.1, 0.15) is 15.9 Å². The average Bonchev–Trinajstić information content (AvgIpc) is 2.64. The third-order valence-electron chi connectivity index (χ3n) is 3.47. The van der Waals surface area contributed by atoms with Crippen LogP contribution in [0.25, 0.3) is 0 Å². The summed E-state index contributed by atoms with van der Waals surface area (Å²) < 4.78 is 60.0. The van der Waals surface area contributed by atoms with E-state index in [2.05, 4.69) is 15.4 Å². The van der Waals surface area contributed by atoms with Crippen LogP contribution in [0, 0.1) is 11.6 Å². The molecule has 0 unspecified atom stereocenters. The first kappa shape index (κ1) is 21.0. The Morgan fingerprint density at radius 2 is 1.68 bits per heavy atom. The van der Waals surface area contributed by atoms with E-state index in [4.69, 9.17) is 4.74 Å². The van der Waals surface area contributed by atoms with E-state index in [1.807, 2.05) is 0 Å². The van der Waals surface area contributed by atoms with Gasteiger partial charge in [0.15, 0.2) is 11.5 Å². The molecule has 0 aromatic heterocycles. The van der Waals surface area contributed by atoms with Crippen molar-refractivity contribution in [2.75, 3.05) is 13.7 Å². The fourth-order valence-corrected chi connectivity index (χ4v) is 2.23. The van der Waals surface area contributed by atoms with Gasteiger partial charge >= 0.3 is 6.61 Å². The minimum atomic E-state index is -3.00. The third-order valence-corrected chi connectivity index (χ3v) is 3.47. The lowest BCUT2D eigenvalue weighted by molar-refractivity contribution is -0.120. The molecule has 150 valence electrons. The zero-order valence-corrected chi connectivity index (χ0v) is 14.6. The van der Waals surface area contributed by atoms with Gasteiger partial charge in [-0.3, -0.25) is 9.59 Å². The number of rotatable bonds is 8. The van der Waals surface area contributed by atoms with Crippen molar-refractivity contribution in [3.8, 4) is 11.5 Å². The zero-order chi connectivity index (χ0) is 20.7. The smallest absolute Gasteiger partial charge is 0.387 e. The Hall–Kier alpha value is -3.30. The van der Waals surface area contributed by atoms with E-state index in [1.54, 1.807) is 0 Å². The molecule has 0 spiro atoms. The summed E-state index contributed by atoms with van der Waals surface area (Å²) in [6.07, 6.45) is 0. The molecule has 0 atom stereocenters. The van der Waals surface area contributed by atoms with Gasteiger partial charge in [-0.25, -0.2) is 8.78 Å². The number of carbonyl (C=O) groups excluding carboxylic acids is 2. The Kier molecular flexibility index (Phi) is 7.19. The molecule has 0 aliphatic rings. The third kappa shape index (κ3) is 6.15. The van der Waals surface area contributed by atoms with Crippen LogP contribution in [-0.4, -0.2) is 32.1 Å². The van der Waals surface area contributed by atoms with Gasteiger partial charge in [0.05, 0.1) is 13.7 Å². The van der Waals surface area contributed by atoms with Crippen molar-refractivity contribution in [2.45, 2.75) is 13.2 Å². The van der Waals surface area contributed by atoms with Gasteiger partial charge in [-0.15, -0.1) is 0 Å². The van der Waals surface area contributed by atoms with Gasteiger partial charge in [0.2, 0.25) is 5.91 Å². The number of methoxy groups -OCH3 is 1. The lowest BCUT2D eigenvalue weighted by atomic mass is 10.2. The van der Waals surface area contributed by atoms with Crippen LogP contribution in [0.4, 0.5) is 17.6 Å². The highest BCUT2D eigenvalue weighted by Gasteiger charge is 2.13. The highest BCUT2D eigenvalue weighted by molar-refractivity contribution is 5.96. The molecular weight excluding hydrogens is 384 g/mol. The predicted octanol–water partition coefficient (Wildman–Crippen LogP) is 2.62. The van der Waals surface area contributed by atoms with Gasteiger partial charge in [0.25, 0.3) is 5.91 Å². The van der Waals surface area contributed by atoms with E-state index in [1.165, 1.54) is 25.3 Å². The van der Waals surface area contributed by atoms with Crippen molar-refractivity contribution >= 4 is 11.8 Å². The van der Waals surface area contributed by atoms with Crippen LogP contribution in [0.15, 0.2) is 36.4 Å². The molecule has 10 heteroatoms. The maximum absolute atomic E-state index is 13.1. The molecule has 0 saturated heterocycles. The quantitative estimate of drug-likeness (QED) is 0.668. The van der Waals surface area contributed by atoms with Crippen molar-refractivity contribution < 1.29 is 36.6 Å². The number of alkyl halides is 2. The van der Waals surface area contributed by atoms with Crippen molar-refractivity contribution in [2.24, 2.45) is 0 Å². The van der Waals surface area contributed by atoms with Gasteiger partial charge in [0, 0.05) is 18.2 Å². The van der Waals surface area contributed by atoms with Crippen LogP contribution in [-0.2, 0) is 11.3 Å². The van der Waals surface area contributed by atoms with Gasteiger partial charge in [-0.2, -0.15) is 8.78 Å². The standard InChI is InChI=1S/C18H16F4N2O4/c1-27-15-4-10(2-3-14(15)28-18(21)22)8-23-16(25)9-24-17(26)11-5-12(19)7-13(20)6-11/h2-7,18H,8-9H2,1H3,(H,23,25)(H,24,26). The van der Waals surface area contributed by atoms with Gasteiger partial charge in [-0.05, 0) is 29.8 Å². The number of benzene rings is 2. The number of hydrogen-bond donors (Lipinski definition) is 2. The maximum atomic E-state index is 13.1. The molecule has 0 bridgehead atoms. The molecule has 6 nitrogen and oxygen atoms in total. The second-order valence-electron chi connectivity index (χ2n) is 5.48. The molecule has 2 aromatic rings. The summed E-state index contributed by atoms with van der Waals surface area (Å²) in [4.78, 5) is 23.6. The van der Waals surface area contributed by atoms with Crippen LogP contribution in [0.3, 0.4) is 0 Å². The molecule has 0 radical (unpaired) electrons. The summed E-state index contributed by atoms with van der Waals surface area (Å²) in [5.74, 6) is -3.30. The normalized spacial score (nSPS) is 10.5. The van der Waals surface area contributed by atoms with Crippen LogP contribution >= 0.6 is 0 Å². The molecule has 0 aliphatic carbocycles. The second kappa shape index (κ2) is 9.58. The fraction of sp³-hybridized carbons (Fsp3) is 0.222. The topological polar surface area (TPSA) is 76.7 Å². The first-order valence-corrected chi connectivity index (χ1v) is 7.91. The monoisotopic (exact) mass is 400 g/mol. The summed E-state index contributed by atoms with van der Waals surface area (Å²) in [5.41, 5.74) is 0.273. The Labute approximate surface area is 157 Å². The average molecular weight is 400 g/mol. The minimum Gasteiger partial charge on any atom is -0.493 e. The Bertz CT molecular complexity index is 841.